The number of benzene rings is 1. The van der Waals surface area contributed by atoms with Gasteiger partial charge in [-0.1, -0.05) is 6.92 Å². The molecule has 172 valence electrons. The number of hydrogen-bond donors (Lipinski definition) is 3. The molecule has 0 aliphatic carbocycles. The zero-order valence-corrected chi connectivity index (χ0v) is 18.7. The lowest BCUT2D eigenvalue weighted by molar-refractivity contribution is -0.123. The Kier molecular flexibility index (Phi) is 7.90. The second kappa shape index (κ2) is 10.4. The zero-order chi connectivity index (χ0) is 22.4. The molecule has 1 aromatic carbocycles. The molecule has 0 saturated carbocycles. The van der Waals surface area contributed by atoms with Gasteiger partial charge in [0.05, 0.1) is 4.90 Å². The average molecular weight is 453 g/mol. The molecule has 4 N–H and O–H groups in total. The molecule has 2 fully saturated rings. The molecule has 2 saturated heterocycles. The number of carbonyl (C=O) groups excluding carboxylic acids is 2. The molecule has 2 aliphatic heterocycles. The minimum absolute atomic E-state index is 0.151. The maximum Gasteiger partial charge on any atom is 0.243 e. The predicted molar refractivity (Wildman–Crippen MR) is 116 cm³/mol. The molecular formula is C21H32N4O5S. The van der Waals surface area contributed by atoms with Crippen LogP contribution in [-0.2, 0) is 19.6 Å². The largest absolute Gasteiger partial charge is 0.490 e. The normalized spacial score (nSPS) is 21.5. The summed E-state index contributed by atoms with van der Waals surface area (Å²) in [6.45, 7) is 4.11. The highest BCUT2D eigenvalue weighted by Gasteiger charge is 2.33. The fourth-order valence-corrected chi connectivity index (χ4v) is 5.30. The highest BCUT2D eigenvalue weighted by atomic mass is 32.2. The molecule has 3 rings (SSSR count). The zero-order valence-electron chi connectivity index (χ0n) is 17.9. The first-order chi connectivity index (χ1) is 14.8. The van der Waals surface area contributed by atoms with Crippen molar-refractivity contribution >= 4 is 21.8 Å². The Labute approximate surface area is 183 Å². The van der Waals surface area contributed by atoms with E-state index in [-0.39, 0.29) is 41.8 Å². The molecule has 31 heavy (non-hydrogen) atoms. The van der Waals surface area contributed by atoms with Crippen LogP contribution in [0.15, 0.2) is 29.2 Å². The molecular weight excluding hydrogens is 420 g/mol. The standard InChI is InChI=1S/C21H32N4O5S/c1-15(21(22)27)2-7-20(26)24-16-10-13-25(14-16)31(28,29)19-5-3-17(4-6-19)30-18-8-11-23-12-9-18/h3-6,15-16,18,23H,2,7-14H2,1H3,(H2,22,27)(H,24,26)/t15-,16-/m0/s1. The van der Waals surface area contributed by atoms with Crippen molar-refractivity contribution in [2.24, 2.45) is 11.7 Å². The number of ether oxygens (including phenoxy) is 1. The van der Waals surface area contributed by atoms with Gasteiger partial charge in [0.25, 0.3) is 0 Å². The fourth-order valence-electron chi connectivity index (χ4n) is 3.80. The van der Waals surface area contributed by atoms with Crippen molar-refractivity contribution in [3.63, 3.8) is 0 Å². The molecule has 0 bridgehead atoms. The van der Waals surface area contributed by atoms with Crippen molar-refractivity contribution in [1.29, 1.82) is 0 Å². The van der Waals surface area contributed by atoms with Gasteiger partial charge in [0, 0.05) is 31.5 Å². The number of sulfonamides is 1. The van der Waals surface area contributed by atoms with Gasteiger partial charge in [-0.25, -0.2) is 8.42 Å². The summed E-state index contributed by atoms with van der Waals surface area (Å²) in [5.41, 5.74) is 5.21. The quantitative estimate of drug-likeness (QED) is 0.503. The number of primary amides is 1. The SMILES string of the molecule is C[C@@H](CCC(=O)N[C@H]1CCN(S(=O)(=O)c2ccc(OC3CCNCC3)cc2)C1)C(N)=O. The van der Waals surface area contributed by atoms with Crippen molar-refractivity contribution < 1.29 is 22.7 Å². The fraction of sp³-hybridized carbons (Fsp3) is 0.619. The predicted octanol–water partition coefficient (Wildman–Crippen LogP) is 0.598. The van der Waals surface area contributed by atoms with Gasteiger partial charge in [-0.3, -0.25) is 9.59 Å². The van der Waals surface area contributed by atoms with Crippen LogP contribution >= 0.6 is 0 Å². The Morgan fingerprint density at radius 1 is 1.23 bits per heavy atom. The van der Waals surface area contributed by atoms with Gasteiger partial charge in [0.2, 0.25) is 21.8 Å². The van der Waals surface area contributed by atoms with Crippen LogP contribution in [-0.4, -0.2) is 62.9 Å². The van der Waals surface area contributed by atoms with Gasteiger partial charge >= 0.3 is 0 Å². The Morgan fingerprint density at radius 2 is 1.90 bits per heavy atom. The van der Waals surface area contributed by atoms with E-state index < -0.39 is 15.9 Å². The molecule has 2 aliphatic rings. The summed E-state index contributed by atoms with van der Waals surface area (Å²) < 4.78 is 33.3. The van der Waals surface area contributed by atoms with Crippen LogP contribution in [0.2, 0.25) is 0 Å². The van der Waals surface area contributed by atoms with Crippen LogP contribution in [0.1, 0.15) is 39.0 Å². The summed E-state index contributed by atoms with van der Waals surface area (Å²) in [5.74, 6) is -0.328. The number of nitrogens with two attached hydrogens (primary N) is 1. The number of rotatable bonds is 9. The maximum absolute atomic E-state index is 13.0. The Hall–Kier alpha value is -2.17. The smallest absolute Gasteiger partial charge is 0.243 e. The second-order valence-electron chi connectivity index (χ2n) is 8.30. The molecule has 0 aromatic heterocycles. The van der Waals surface area contributed by atoms with Crippen LogP contribution in [0.4, 0.5) is 0 Å². The lowest BCUT2D eigenvalue weighted by Crippen LogP contribution is -2.38. The first-order valence-electron chi connectivity index (χ1n) is 10.8. The minimum atomic E-state index is -3.64. The van der Waals surface area contributed by atoms with Gasteiger partial charge < -0.3 is 21.1 Å². The van der Waals surface area contributed by atoms with Crippen LogP contribution in [0.5, 0.6) is 5.75 Å². The first kappa shape index (κ1) is 23.5. The van der Waals surface area contributed by atoms with Gasteiger partial charge in [0.1, 0.15) is 11.9 Å². The molecule has 0 radical (unpaired) electrons. The summed E-state index contributed by atoms with van der Waals surface area (Å²) >= 11 is 0. The third-order valence-corrected chi connectivity index (χ3v) is 7.74. The highest BCUT2D eigenvalue weighted by Crippen LogP contribution is 2.24. The summed E-state index contributed by atoms with van der Waals surface area (Å²) in [6.07, 6.45) is 3.13. The van der Waals surface area contributed by atoms with Crippen molar-refractivity contribution in [2.45, 2.75) is 56.1 Å². The van der Waals surface area contributed by atoms with Gasteiger partial charge in [-0.2, -0.15) is 4.31 Å². The molecule has 2 atom stereocenters. The van der Waals surface area contributed by atoms with Crippen LogP contribution in [0.25, 0.3) is 0 Å². The van der Waals surface area contributed by atoms with Crippen molar-refractivity contribution in [3.05, 3.63) is 24.3 Å². The summed E-state index contributed by atoms with van der Waals surface area (Å²) in [7, 11) is -3.64. The van der Waals surface area contributed by atoms with E-state index in [1.807, 2.05) is 0 Å². The van der Waals surface area contributed by atoms with E-state index >= 15 is 0 Å². The van der Waals surface area contributed by atoms with E-state index in [9.17, 15) is 18.0 Å². The lowest BCUT2D eigenvalue weighted by Gasteiger charge is -2.24. The molecule has 0 unspecified atom stereocenters. The van der Waals surface area contributed by atoms with Gasteiger partial charge in [-0.15, -0.1) is 0 Å². The first-order valence-corrected chi connectivity index (χ1v) is 12.3. The number of amides is 2. The monoisotopic (exact) mass is 452 g/mol. The maximum atomic E-state index is 13.0. The summed E-state index contributed by atoms with van der Waals surface area (Å²) in [4.78, 5) is 23.4. The van der Waals surface area contributed by atoms with E-state index in [4.69, 9.17) is 10.5 Å². The van der Waals surface area contributed by atoms with Crippen LogP contribution in [0, 0.1) is 5.92 Å². The van der Waals surface area contributed by atoms with Gasteiger partial charge in [0.15, 0.2) is 0 Å². The molecule has 2 heterocycles. The molecule has 0 spiro atoms. The molecule has 2 amide bonds. The van der Waals surface area contributed by atoms with Crippen LogP contribution in [0.3, 0.4) is 0 Å². The van der Waals surface area contributed by atoms with E-state index in [0.29, 0.717) is 25.1 Å². The average Bonchev–Trinajstić information content (AvgIpc) is 3.22. The van der Waals surface area contributed by atoms with Crippen molar-refractivity contribution in [3.8, 4) is 5.75 Å². The summed E-state index contributed by atoms with van der Waals surface area (Å²) in [5, 5.41) is 6.14. The number of piperidine rings is 1. The van der Waals surface area contributed by atoms with E-state index in [1.54, 1.807) is 31.2 Å². The molecule has 10 heteroatoms. The minimum Gasteiger partial charge on any atom is -0.490 e. The third kappa shape index (κ3) is 6.41. The van der Waals surface area contributed by atoms with Crippen LogP contribution < -0.4 is 21.1 Å². The highest BCUT2D eigenvalue weighted by molar-refractivity contribution is 7.89. The third-order valence-electron chi connectivity index (χ3n) is 5.86. The lowest BCUT2D eigenvalue weighted by atomic mass is 10.0. The van der Waals surface area contributed by atoms with Crippen molar-refractivity contribution in [2.75, 3.05) is 26.2 Å². The van der Waals surface area contributed by atoms with E-state index in [1.165, 1.54) is 4.31 Å². The van der Waals surface area contributed by atoms with E-state index in [2.05, 4.69) is 10.6 Å². The number of nitrogens with zero attached hydrogens (tertiary/aromatic N) is 1. The summed E-state index contributed by atoms with van der Waals surface area (Å²) in [6, 6.07) is 6.30. The Morgan fingerprint density at radius 3 is 2.55 bits per heavy atom. The van der Waals surface area contributed by atoms with E-state index in [0.717, 1.165) is 25.9 Å². The van der Waals surface area contributed by atoms with Gasteiger partial charge in [-0.05, 0) is 63.0 Å². The topological polar surface area (TPSA) is 131 Å². The van der Waals surface area contributed by atoms with Crippen molar-refractivity contribution in [1.82, 2.24) is 14.9 Å². The molecule has 1 aromatic rings. The number of hydrogen-bond acceptors (Lipinski definition) is 6. The Bertz CT molecular complexity index is 868. The second-order valence-corrected chi connectivity index (χ2v) is 10.2. The number of carbonyl (C=O) groups is 2. The number of nitrogens with one attached hydrogen (secondary N) is 2. The molecule has 9 nitrogen and oxygen atoms in total. The Balaban J connectivity index is 1.51.